The summed E-state index contributed by atoms with van der Waals surface area (Å²) in [4.78, 5) is 10.9. The molecule has 4 nitrogen and oxygen atoms in total. The molecular weight excluding hydrogens is 300 g/mol. The molecule has 1 unspecified atom stereocenters. The van der Waals surface area contributed by atoms with Gasteiger partial charge in [-0.05, 0) is 41.9 Å². The minimum atomic E-state index is -0.723. The van der Waals surface area contributed by atoms with E-state index < -0.39 is 6.10 Å². The summed E-state index contributed by atoms with van der Waals surface area (Å²) >= 11 is 3.30. The van der Waals surface area contributed by atoms with Crippen molar-refractivity contribution in [2.24, 2.45) is 0 Å². The van der Waals surface area contributed by atoms with Gasteiger partial charge in [0, 0.05) is 0 Å². The summed E-state index contributed by atoms with van der Waals surface area (Å²) in [6, 6.07) is 5.18. The lowest BCUT2D eigenvalue weighted by molar-refractivity contribution is -0.0124. The second-order valence-corrected chi connectivity index (χ2v) is 4.98. The molecule has 18 heavy (non-hydrogen) atoms. The average Bonchev–Trinajstić information content (AvgIpc) is 2.34. The molecule has 0 aliphatic heterocycles. The SMILES string of the molecule is CC(C)OCC(O)COc1c(Br)cccc1C=O. The second kappa shape index (κ2) is 7.51. The quantitative estimate of drug-likeness (QED) is 0.785. The number of aldehydes is 1. The summed E-state index contributed by atoms with van der Waals surface area (Å²) < 4.78 is 11.4. The van der Waals surface area contributed by atoms with Crippen LogP contribution in [-0.4, -0.2) is 36.8 Å². The van der Waals surface area contributed by atoms with Gasteiger partial charge in [-0.15, -0.1) is 0 Å². The summed E-state index contributed by atoms with van der Waals surface area (Å²) in [5.41, 5.74) is 0.446. The van der Waals surface area contributed by atoms with Crippen LogP contribution in [0, 0.1) is 0 Å². The number of carbonyl (C=O) groups excluding carboxylic acids is 1. The van der Waals surface area contributed by atoms with E-state index in [0.717, 1.165) is 6.29 Å². The van der Waals surface area contributed by atoms with Gasteiger partial charge in [0.15, 0.2) is 6.29 Å². The fourth-order valence-electron chi connectivity index (χ4n) is 1.30. The molecule has 5 heteroatoms. The number of hydrogen-bond donors (Lipinski definition) is 1. The van der Waals surface area contributed by atoms with Crippen molar-refractivity contribution in [1.82, 2.24) is 0 Å². The number of aliphatic hydroxyl groups excluding tert-OH is 1. The highest BCUT2D eigenvalue weighted by Gasteiger charge is 2.11. The van der Waals surface area contributed by atoms with Gasteiger partial charge in [-0.25, -0.2) is 0 Å². The molecule has 0 heterocycles. The van der Waals surface area contributed by atoms with E-state index >= 15 is 0 Å². The summed E-state index contributed by atoms with van der Waals surface area (Å²) in [7, 11) is 0. The van der Waals surface area contributed by atoms with Crippen molar-refractivity contribution in [3.05, 3.63) is 28.2 Å². The fourth-order valence-corrected chi connectivity index (χ4v) is 1.80. The molecule has 0 bridgehead atoms. The van der Waals surface area contributed by atoms with Gasteiger partial charge < -0.3 is 14.6 Å². The number of benzene rings is 1. The summed E-state index contributed by atoms with van der Waals surface area (Å²) in [5.74, 6) is 0.441. The molecule has 1 rings (SSSR count). The molecule has 0 aliphatic rings. The third kappa shape index (κ3) is 4.76. The second-order valence-electron chi connectivity index (χ2n) is 4.12. The minimum Gasteiger partial charge on any atom is -0.489 e. The van der Waals surface area contributed by atoms with E-state index in [-0.39, 0.29) is 19.3 Å². The van der Waals surface area contributed by atoms with Crippen molar-refractivity contribution in [2.45, 2.75) is 26.1 Å². The van der Waals surface area contributed by atoms with Crippen LogP contribution in [0.5, 0.6) is 5.75 Å². The van der Waals surface area contributed by atoms with Crippen molar-refractivity contribution in [1.29, 1.82) is 0 Å². The van der Waals surface area contributed by atoms with Crippen LogP contribution >= 0.6 is 15.9 Å². The molecule has 1 aromatic rings. The highest BCUT2D eigenvalue weighted by Crippen LogP contribution is 2.28. The zero-order valence-corrected chi connectivity index (χ0v) is 12.0. The van der Waals surface area contributed by atoms with Gasteiger partial charge in [0.05, 0.1) is 22.7 Å². The van der Waals surface area contributed by atoms with Crippen LogP contribution in [0.15, 0.2) is 22.7 Å². The van der Waals surface area contributed by atoms with E-state index in [2.05, 4.69) is 15.9 Å². The van der Waals surface area contributed by atoms with Crippen molar-refractivity contribution in [3.8, 4) is 5.75 Å². The molecule has 1 N–H and O–H groups in total. The zero-order valence-electron chi connectivity index (χ0n) is 10.4. The topological polar surface area (TPSA) is 55.8 Å². The van der Waals surface area contributed by atoms with Gasteiger partial charge in [0.25, 0.3) is 0 Å². The maximum atomic E-state index is 10.9. The first kappa shape index (κ1) is 15.1. The largest absolute Gasteiger partial charge is 0.489 e. The van der Waals surface area contributed by atoms with Crippen molar-refractivity contribution in [3.63, 3.8) is 0 Å². The molecule has 0 saturated carbocycles. The van der Waals surface area contributed by atoms with Gasteiger partial charge >= 0.3 is 0 Å². The molecular formula is C13H17BrO4. The van der Waals surface area contributed by atoms with Crippen LogP contribution < -0.4 is 4.74 Å². The third-order valence-corrected chi connectivity index (χ3v) is 2.79. The number of aliphatic hydroxyl groups is 1. The lowest BCUT2D eigenvalue weighted by atomic mass is 10.2. The van der Waals surface area contributed by atoms with Gasteiger partial charge in [-0.3, -0.25) is 4.79 Å². The Morgan fingerprint density at radius 1 is 1.39 bits per heavy atom. The number of ether oxygens (including phenoxy) is 2. The van der Waals surface area contributed by atoms with E-state index in [1.165, 1.54) is 0 Å². The molecule has 0 aromatic heterocycles. The molecule has 1 aromatic carbocycles. The average molecular weight is 317 g/mol. The van der Waals surface area contributed by atoms with Gasteiger partial charge in [0.1, 0.15) is 18.5 Å². The highest BCUT2D eigenvalue weighted by molar-refractivity contribution is 9.10. The van der Waals surface area contributed by atoms with E-state index in [0.29, 0.717) is 15.8 Å². The molecule has 0 radical (unpaired) electrons. The maximum absolute atomic E-state index is 10.9. The first-order valence-electron chi connectivity index (χ1n) is 5.70. The predicted octanol–water partition coefficient (Wildman–Crippen LogP) is 2.43. The van der Waals surface area contributed by atoms with E-state index in [4.69, 9.17) is 9.47 Å². The van der Waals surface area contributed by atoms with Crippen LogP contribution in [0.1, 0.15) is 24.2 Å². The van der Waals surface area contributed by atoms with Crippen LogP contribution in [0.4, 0.5) is 0 Å². The van der Waals surface area contributed by atoms with Crippen LogP contribution in [0.3, 0.4) is 0 Å². The molecule has 0 fully saturated rings. The number of halogens is 1. The predicted molar refractivity (Wildman–Crippen MR) is 72.1 cm³/mol. The zero-order chi connectivity index (χ0) is 13.5. The number of para-hydroxylation sites is 1. The van der Waals surface area contributed by atoms with Crippen molar-refractivity contribution in [2.75, 3.05) is 13.2 Å². The van der Waals surface area contributed by atoms with Crippen LogP contribution in [0.25, 0.3) is 0 Å². The van der Waals surface area contributed by atoms with E-state index in [1.54, 1.807) is 18.2 Å². The fraction of sp³-hybridized carbons (Fsp3) is 0.462. The monoisotopic (exact) mass is 316 g/mol. The molecule has 0 saturated heterocycles. The Kier molecular flexibility index (Phi) is 6.32. The number of carbonyl (C=O) groups is 1. The summed E-state index contributed by atoms with van der Waals surface area (Å²) in [6.45, 7) is 4.08. The lowest BCUT2D eigenvalue weighted by Crippen LogP contribution is -2.25. The number of hydrogen-bond acceptors (Lipinski definition) is 4. The lowest BCUT2D eigenvalue weighted by Gasteiger charge is -2.16. The smallest absolute Gasteiger partial charge is 0.153 e. The maximum Gasteiger partial charge on any atom is 0.153 e. The Morgan fingerprint density at radius 2 is 2.11 bits per heavy atom. The van der Waals surface area contributed by atoms with E-state index in [1.807, 2.05) is 13.8 Å². The summed E-state index contributed by atoms with van der Waals surface area (Å²) in [6.07, 6.45) is 0.0598. The number of rotatable bonds is 7. The molecule has 0 amide bonds. The Labute approximate surface area is 115 Å². The Bertz CT molecular complexity index is 393. The minimum absolute atomic E-state index is 0.0636. The third-order valence-electron chi connectivity index (χ3n) is 2.17. The Balaban J connectivity index is 2.55. The molecule has 1 atom stereocenters. The first-order chi connectivity index (χ1) is 8.54. The Hall–Kier alpha value is -0.910. The van der Waals surface area contributed by atoms with Crippen molar-refractivity contribution >= 4 is 22.2 Å². The van der Waals surface area contributed by atoms with Crippen LogP contribution in [-0.2, 0) is 4.74 Å². The summed E-state index contributed by atoms with van der Waals surface area (Å²) in [5, 5.41) is 9.66. The first-order valence-corrected chi connectivity index (χ1v) is 6.50. The Morgan fingerprint density at radius 3 is 2.72 bits per heavy atom. The highest BCUT2D eigenvalue weighted by atomic mass is 79.9. The molecule has 100 valence electrons. The molecule has 0 spiro atoms. The van der Waals surface area contributed by atoms with Gasteiger partial charge in [0.2, 0.25) is 0 Å². The van der Waals surface area contributed by atoms with E-state index in [9.17, 15) is 9.90 Å². The molecule has 0 aliphatic carbocycles. The normalized spacial score (nSPS) is 12.5. The van der Waals surface area contributed by atoms with Gasteiger partial charge in [-0.2, -0.15) is 0 Å². The van der Waals surface area contributed by atoms with Crippen LogP contribution in [0.2, 0.25) is 0 Å². The standard InChI is InChI=1S/C13H17BrO4/c1-9(2)17-7-11(16)8-18-13-10(6-15)4-3-5-12(13)14/h3-6,9,11,16H,7-8H2,1-2H3. The van der Waals surface area contributed by atoms with Gasteiger partial charge in [-0.1, -0.05) is 6.07 Å². The van der Waals surface area contributed by atoms with Crippen molar-refractivity contribution < 1.29 is 19.4 Å².